The minimum atomic E-state index is -3.10. The standard InChI is InChI=1S/C17H17FN2O5S2/c18-12-3-1-2-11(8-12)9-14-16(22)20(17(23)26-14)6-4-15(21)19-13-5-7-27(24,25)10-13/h1-3,8-9,13H,4-7,10H2,(H,19,21)/b14-9+/t13-/m0/s1. The molecule has 0 aromatic heterocycles. The van der Waals surface area contributed by atoms with Crippen molar-refractivity contribution in [3.63, 3.8) is 0 Å². The molecule has 1 N–H and O–H groups in total. The number of rotatable bonds is 5. The van der Waals surface area contributed by atoms with Gasteiger partial charge >= 0.3 is 0 Å². The van der Waals surface area contributed by atoms with Crippen molar-refractivity contribution in [1.29, 1.82) is 0 Å². The van der Waals surface area contributed by atoms with Crippen molar-refractivity contribution in [3.05, 3.63) is 40.6 Å². The van der Waals surface area contributed by atoms with Crippen molar-refractivity contribution in [1.82, 2.24) is 10.2 Å². The molecule has 144 valence electrons. The molecule has 2 heterocycles. The van der Waals surface area contributed by atoms with Gasteiger partial charge in [-0.15, -0.1) is 0 Å². The highest BCUT2D eigenvalue weighted by molar-refractivity contribution is 8.18. The second kappa shape index (κ2) is 7.81. The summed E-state index contributed by atoms with van der Waals surface area (Å²) in [6, 6.07) is 5.21. The molecule has 0 unspecified atom stereocenters. The van der Waals surface area contributed by atoms with Crippen LogP contribution in [0.3, 0.4) is 0 Å². The highest BCUT2D eigenvalue weighted by atomic mass is 32.2. The largest absolute Gasteiger partial charge is 0.352 e. The number of sulfone groups is 1. The van der Waals surface area contributed by atoms with Gasteiger partial charge in [-0.1, -0.05) is 12.1 Å². The van der Waals surface area contributed by atoms with E-state index in [1.807, 2.05) is 0 Å². The third-order valence-corrected chi connectivity index (χ3v) is 6.86. The van der Waals surface area contributed by atoms with Crippen LogP contribution in [0.2, 0.25) is 0 Å². The van der Waals surface area contributed by atoms with E-state index in [2.05, 4.69) is 5.32 Å². The van der Waals surface area contributed by atoms with E-state index < -0.39 is 38.7 Å². The average Bonchev–Trinajstić information content (AvgIpc) is 3.05. The molecule has 0 aliphatic carbocycles. The molecule has 7 nitrogen and oxygen atoms in total. The van der Waals surface area contributed by atoms with Gasteiger partial charge in [-0.05, 0) is 42.0 Å². The average molecular weight is 412 g/mol. The van der Waals surface area contributed by atoms with Gasteiger partial charge in [0.15, 0.2) is 9.84 Å². The first kappa shape index (κ1) is 19.6. The number of imide groups is 1. The van der Waals surface area contributed by atoms with Crippen molar-refractivity contribution in [2.45, 2.75) is 18.9 Å². The number of benzene rings is 1. The van der Waals surface area contributed by atoms with E-state index in [0.717, 1.165) is 16.7 Å². The molecule has 0 saturated carbocycles. The van der Waals surface area contributed by atoms with Crippen LogP contribution >= 0.6 is 11.8 Å². The van der Waals surface area contributed by atoms with Gasteiger partial charge in [-0.2, -0.15) is 0 Å². The number of hydrogen-bond acceptors (Lipinski definition) is 6. The molecule has 2 aliphatic rings. The molecule has 0 bridgehead atoms. The van der Waals surface area contributed by atoms with Crippen molar-refractivity contribution in [2.24, 2.45) is 0 Å². The molecular weight excluding hydrogens is 395 g/mol. The fourth-order valence-electron chi connectivity index (χ4n) is 2.86. The Hall–Kier alpha value is -2.20. The van der Waals surface area contributed by atoms with Gasteiger partial charge in [0.25, 0.3) is 11.1 Å². The third kappa shape index (κ3) is 4.95. The van der Waals surface area contributed by atoms with Crippen LogP contribution in [0.1, 0.15) is 18.4 Å². The second-order valence-electron chi connectivity index (χ2n) is 6.31. The van der Waals surface area contributed by atoms with Crippen molar-refractivity contribution in [2.75, 3.05) is 18.1 Å². The summed E-state index contributed by atoms with van der Waals surface area (Å²) in [6.07, 6.45) is 1.69. The second-order valence-corrected chi connectivity index (χ2v) is 9.53. The zero-order chi connectivity index (χ0) is 19.6. The van der Waals surface area contributed by atoms with E-state index in [9.17, 15) is 27.2 Å². The number of nitrogens with one attached hydrogen (secondary N) is 1. The van der Waals surface area contributed by atoms with Crippen molar-refractivity contribution in [3.8, 4) is 0 Å². The van der Waals surface area contributed by atoms with Gasteiger partial charge in [-0.25, -0.2) is 12.8 Å². The Labute approximate surface area is 159 Å². The van der Waals surface area contributed by atoms with Crippen molar-refractivity contribution >= 4 is 44.7 Å². The van der Waals surface area contributed by atoms with Crippen LogP contribution in [0.25, 0.3) is 6.08 Å². The Morgan fingerprint density at radius 2 is 2.15 bits per heavy atom. The Bertz CT molecular complexity index is 929. The fraction of sp³-hybridized carbons (Fsp3) is 0.353. The molecule has 1 aromatic rings. The highest BCUT2D eigenvalue weighted by Crippen LogP contribution is 2.32. The van der Waals surface area contributed by atoms with E-state index in [1.54, 1.807) is 6.07 Å². The molecule has 2 saturated heterocycles. The molecule has 0 radical (unpaired) electrons. The maximum atomic E-state index is 13.2. The Balaban J connectivity index is 1.57. The molecule has 3 amide bonds. The van der Waals surface area contributed by atoms with E-state index >= 15 is 0 Å². The summed E-state index contributed by atoms with van der Waals surface area (Å²) in [7, 11) is -3.10. The molecular formula is C17H17FN2O5S2. The van der Waals surface area contributed by atoms with Gasteiger partial charge in [0, 0.05) is 19.0 Å². The molecule has 2 aliphatic heterocycles. The molecule has 3 rings (SSSR count). The third-order valence-electron chi connectivity index (χ3n) is 4.18. The maximum Gasteiger partial charge on any atom is 0.293 e. The van der Waals surface area contributed by atoms with E-state index in [-0.39, 0.29) is 29.4 Å². The van der Waals surface area contributed by atoms with Crippen LogP contribution in [0, 0.1) is 5.82 Å². The normalized spacial score (nSPS) is 23.2. The first-order valence-corrected chi connectivity index (χ1v) is 10.9. The minimum absolute atomic E-state index is 0.0475. The summed E-state index contributed by atoms with van der Waals surface area (Å²) in [5, 5.41) is 2.11. The minimum Gasteiger partial charge on any atom is -0.352 e. The van der Waals surface area contributed by atoms with Crippen molar-refractivity contribution < 1.29 is 27.2 Å². The van der Waals surface area contributed by atoms with Gasteiger partial charge < -0.3 is 5.32 Å². The lowest BCUT2D eigenvalue weighted by Gasteiger charge is -2.14. The molecule has 1 atom stereocenters. The quantitative estimate of drug-likeness (QED) is 0.737. The van der Waals surface area contributed by atoms with Gasteiger partial charge in [0.2, 0.25) is 5.91 Å². The summed E-state index contributed by atoms with van der Waals surface area (Å²) in [5.74, 6) is -1.44. The topological polar surface area (TPSA) is 101 Å². The number of carbonyl (C=O) groups is 3. The summed E-state index contributed by atoms with van der Waals surface area (Å²) in [6.45, 7) is -0.101. The smallest absolute Gasteiger partial charge is 0.293 e. The van der Waals surface area contributed by atoms with Crippen LogP contribution in [0.15, 0.2) is 29.2 Å². The first-order valence-electron chi connectivity index (χ1n) is 8.24. The lowest BCUT2D eigenvalue weighted by atomic mass is 10.2. The van der Waals surface area contributed by atoms with E-state index in [0.29, 0.717) is 12.0 Å². The van der Waals surface area contributed by atoms with Crippen LogP contribution in [-0.4, -0.2) is 54.5 Å². The van der Waals surface area contributed by atoms with Gasteiger partial charge in [-0.3, -0.25) is 19.3 Å². The number of halogens is 1. The molecule has 0 spiro atoms. The Morgan fingerprint density at radius 1 is 1.37 bits per heavy atom. The summed E-state index contributed by atoms with van der Waals surface area (Å²) in [4.78, 5) is 37.5. The number of carbonyl (C=O) groups excluding carboxylic acids is 3. The number of nitrogens with zero attached hydrogens (tertiary/aromatic N) is 1. The lowest BCUT2D eigenvalue weighted by Crippen LogP contribution is -2.38. The maximum absolute atomic E-state index is 13.2. The summed E-state index contributed by atoms with van der Waals surface area (Å²) in [5.41, 5.74) is 0.459. The molecule has 1 aromatic carbocycles. The van der Waals surface area contributed by atoms with Crippen LogP contribution in [0.5, 0.6) is 0 Å². The SMILES string of the molecule is O=C(CCN1C(=O)S/C(=C/c2cccc(F)c2)C1=O)N[C@H]1CCS(=O)(=O)C1. The van der Waals surface area contributed by atoms with Gasteiger partial charge in [0.1, 0.15) is 5.82 Å². The Morgan fingerprint density at radius 3 is 2.81 bits per heavy atom. The zero-order valence-electron chi connectivity index (χ0n) is 14.2. The van der Waals surface area contributed by atoms with Crippen LogP contribution in [0.4, 0.5) is 9.18 Å². The number of hydrogen-bond donors (Lipinski definition) is 1. The monoisotopic (exact) mass is 412 g/mol. The van der Waals surface area contributed by atoms with E-state index in [1.165, 1.54) is 24.3 Å². The van der Waals surface area contributed by atoms with E-state index in [4.69, 9.17) is 0 Å². The zero-order valence-corrected chi connectivity index (χ0v) is 15.8. The summed E-state index contributed by atoms with van der Waals surface area (Å²) >= 11 is 0.732. The van der Waals surface area contributed by atoms with Crippen LogP contribution in [-0.2, 0) is 19.4 Å². The molecule has 10 heteroatoms. The molecule has 2 fully saturated rings. The molecule has 27 heavy (non-hydrogen) atoms. The number of thioether (sulfide) groups is 1. The Kier molecular flexibility index (Phi) is 5.66. The predicted molar refractivity (Wildman–Crippen MR) is 98.9 cm³/mol. The van der Waals surface area contributed by atoms with Crippen LogP contribution < -0.4 is 5.32 Å². The van der Waals surface area contributed by atoms with Gasteiger partial charge in [0.05, 0.1) is 16.4 Å². The highest BCUT2D eigenvalue weighted by Gasteiger charge is 2.35. The summed E-state index contributed by atoms with van der Waals surface area (Å²) < 4.78 is 36.0. The first-order chi connectivity index (χ1) is 12.7. The number of amides is 3. The fourth-order valence-corrected chi connectivity index (χ4v) is 5.40. The lowest BCUT2D eigenvalue weighted by molar-refractivity contribution is -0.124. The predicted octanol–water partition coefficient (Wildman–Crippen LogP) is 1.56.